The van der Waals surface area contributed by atoms with Crippen molar-refractivity contribution in [2.75, 3.05) is 11.5 Å². The molecule has 1 atom stereocenters. The summed E-state index contributed by atoms with van der Waals surface area (Å²) in [4.78, 5) is 44.9. The molecule has 1 aromatic heterocycles. The summed E-state index contributed by atoms with van der Waals surface area (Å²) in [6, 6.07) is 13.5. The van der Waals surface area contributed by atoms with Crippen molar-refractivity contribution in [1.29, 1.82) is 0 Å². The number of thiazole rings is 1. The molecule has 0 spiro atoms. The summed E-state index contributed by atoms with van der Waals surface area (Å²) < 4.78 is 5.13. The summed E-state index contributed by atoms with van der Waals surface area (Å²) in [6.45, 7) is 9.04. The van der Waals surface area contributed by atoms with Crippen LogP contribution < -0.4 is 4.90 Å². The summed E-state index contributed by atoms with van der Waals surface area (Å²) in [5, 5.41) is 11.3. The Balaban J connectivity index is 1.88. The van der Waals surface area contributed by atoms with E-state index in [2.05, 4.69) is 11.6 Å². The topological polar surface area (TPSA) is 96.8 Å². The van der Waals surface area contributed by atoms with Gasteiger partial charge in [0.15, 0.2) is 5.13 Å². The minimum atomic E-state index is -0.917. The van der Waals surface area contributed by atoms with Crippen LogP contribution in [-0.2, 0) is 14.3 Å². The maximum absolute atomic E-state index is 13.3. The Hall–Kier alpha value is -4.04. The summed E-state index contributed by atoms with van der Waals surface area (Å²) in [5.41, 5.74) is 3.39. The van der Waals surface area contributed by atoms with Gasteiger partial charge in [0.25, 0.3) is 5.78 Å². The van der Waals surface area contributed by atoms with E-state index in [0.29, 0.717) is 16.8 Å². The zero-order valence-corrected chi connectivity index (χ0v) is 20.4. The number of amides is 1. The van der Waals surface area contributed by atoms with Crippen molar-refractivity contribution >= 4 is 39.9 Å². The lowest BCUT2D eigenvalue weighted by molar-refractivity contribution is -0.132. The number of carbonyl (C=O) groups excluding carboxylic acids is 3. The highest BCUT2D eigenvalue weighted by atomic mass is 32.1. The SMILES string of the molecule is C=CCOC(=O)c1sc(N2C(=O)C(=O)/C(=C(/O)c3ccc(C)cc3)C2c2ccc(C)cc2)nc1C. The Bertz CT molecular complexity index is 1350. The van der Waals surface area contributed by atoms with Gasteiger partial charge in [-0.2, -0.15) is 0 Å². The molecular formula is C27H24N2O5S. The number of hydrogen-bond acceptors (Lipinski definition) is 7. The van der Waals surface area contributed by atoms with Gasteiger partial charge in [-0.15, -0.1) is 0 Å². The van der Waals surface area contributed by atoms with E-state index in [-0.39, 0.29) is 27.9 Å². The van der Waals surface area contributed by atoms with Crippen LogP contribution in [0.1, 0.15) is 43.7 Å². The van der Waals surface area contributed by atoms with Crippen LogP contribution in [0.3, 0.4) is 0 Å². The standard InChI is InChI=1S/C27H24N2O5S/c1-5-14-34-26(33)24-17(4)28-27(35-24)29-21(18-10-6-15(2)7-11-18)20(23(31)25(29)32)22(30)19-12-8-16(3)9-13-19/h5-13,21,30H,1,14H2,2-4H3/b22-20+. The highest BCUT2D eigenvalue weighted by molar-refractivity contribution is 7.17. The van der Waals surface area contributed by atoms with Crippen LogP contribution in [0.2, 0.25) is 0 Å². The molecule has 1 aliphatic heterocycles. The molecule has 1 fully saturated rings. The monoisotopic (exact) mass is 488 g/mol. The number of ether oxygens (including phenoxy) is 1. The molecule has 8 heteroatoms. The van der Waals surface area contributed by atoms with Gasteiger partial charge in [-0.3, -0.25) is 14.5 Å². The lowest BCUT2D eigenvalue weighted by Crippen LogP contribution is -2.29. The third-order valence-electron chi connectivity index (χ3n) is 5.67. The van der Waals surface area contributed by atoms with Crippen molar-refractivity contribution < 1.29 is 24.2 Å². The van der Waals surface area contributed by atoms with E-state index < -0.39 is 23.7 Å². The molecule has 1 amide bonds. The molecule has 35 heavy (non-hydrogen) atoms. The van der Waals surface area contributed by atoms with Crippen LogP contribution in [0.5, 0.6) is 0 Å². The molecule has 4 rings (SSSR count). The largest absolute Gasteiger partial charge is 0.507 e. The highest BCUT2D eigenvalue weighted by Crippen LogP contribution is 2.44. The van der Waals surface area contributed by atoms with Gasteiger partial charge < -0.3 is 9.84 Å². The zero-order chi connectivity index (χ0) is 25.3. The van der Waals surface area contributed by atoms with Crippen LogP contribution in [0.25, 0.3) is 5.76 Å². The lowest BCUT2D eigenvalue weighted by Gasteiger charge is -2.23. The van der Waals surface area contributed by atoms with Crippen molar-refractivity contribution in [3.8, 4) is 0 Å². The Kier molecular flexibility index (Phi) is 6.66. The van der Waals surface area contributed by atoms with Crippen molar-refractivity contribution in [3.05, 3.63) is 99.6 Å². The second-order valence-corrected chi connectivity index (χ2v) is 9.22. The van der Waals surface area contributed by atoms with Crippen LogP contribution >= 0.6 is 11.3 Å². The quantitative estimate of drug-likeness (QED) is 0.172. The maximum Gasteiger partial charge on any atom is 0.350 e. The summed E-state index contributed by atoms with van der Waals surface area (Å²) >= 11 is 0.963. The first-order valence-electron chi connectivity index (χ1n) is 10.9. The van der Waals surface area contributed by atoms with Gasteiger partial charge in [0.05, 0.1) is 17.3 Å². The molecule has 0 radical (unpaired) electrons. The van der Waals surface area contributed by atoms with Crippen LogP contribution in [-0.4, -0.2) is 34.4 Å². The molecule has 1 saturated heterocycles. The number of anilines is 1. The van der Waals surface area contributed by atoms with Crippen molar-refractivity contribution in [3.63, 3.8) is 0 Å². The van der Waals surface area contributed by atoms with E-state index in [1.807, 2.05) is 38.1 Å². The molecule has 1 N–H and O–H groups in total. The van der Waals surface area contributed by atoms with Gasteiger partial charge in [-0.1, -0.05) is 83.6 Å². The summed E-state index contributed by atoms with van der Waals surface area (Å²) in [7, 11) is 0. The Morgan fingerprint density at radius 2 is 1.69 bits per heavy atom. The van der Waals surface area contributed by atoms with E-state index >= 15 is 0 Å². The van der Waals surface area contributed by atoms with Crippen LogP contribution in [0, 0.1) is 20.8 Å². The Labute approximate surface area is 207 Å². The summed E-state index contributed by atoms with van der Waals surface area (Å²) in [5.74, 6) is -2.51. The number of aliphatic hydroxyl groups is 1. The number of Topliss-reactive ketones (excluding diaryl/α,β-unsaturated/α-hetero) is 1. The maximum atomic E-state index is 13.3. The van der Waals surface area contributed by atoms with E-state index in [4.69, 9.17) is 4.74 Å². The fourth-order valence-electron chi connectivity index (χ4n) is 3.84. The Morgan fingerprint density at radius 3 is 2.29 bits per heavy atom. The molecule has 1 aliphatic rings. The lowest BCUT2D eigenvalue weighted by atomic mass is 9.94. The first kappa shape index (κ1) is 24.1. The van der Waals surface area contributed by atoms with Crippen LogP contribution in [0.4, 0.5) is 5.13 Å². The van der Waals surface area contributed by atoms with Crippen molar-refractivity contribution in [2.24, 2.45) is 0 Å². The molecule has 0 aliphatic carbocycles. The molecule has 0 saturated carbocycles. The fourth-order valence-corrected chi connectivity index (χ4v) is 4.82. The number of benzene rings is 2. The minimum absolute atomic E-state index is 0.0358. The summed E-state index contributed by atoms with van der Waals surface area (Å²) in [6.07, 6.45) is 1.45. The normalized spacial score (nSPS) is 17.0. The van der Waals surface area contributed by atoms with E-state index in [9.17, 15) is 19.5 Å². The predicted molar refractivity (Wildman–Crippen MR) is 134 cm³/mol. The molecule has 7 nitrogen and oxygen atoms in total. The number of esters is 1. The average molecular weight is 489 g/mol. The van der Waals surface area contributed by atoms with Crippen molar-refractivity contribution in [2.45, 2.75) is 26.8 Å². The van der Waals surface area contributed by atoms with Gasteiger partial charge >= 0.3 is 11.9 Å². The molecular weight excluding hydrogens is 464 g/mol. The van der Waals surface area contributed by atoms with E-state index in [1.54, 1.807) is 31.2 Å². The smallest absolute Gasteiger partial charge is 0.350 e. The molecule has 178 valence electrons. The number of carbonyl (C=O) groups is 3. The number of ketones is 1. The Morgan fingerprint density at radius 1 is 1.09 bits per heavy atom. The molecule has 0 bridgehead atoms. The van der Waals surface area contributed by atoms with Crippen LogP contribution in [0.15, 0.2) is 66.8 Å². The highest BCUT2D eigenvalue weighted by Gasteiger charge is 2.48. The zero-order valence-electron chi connectivity index (χ0n) is 19.6. The van der Waals surface area contributed by atoms with Gasteiger partial charge in [0.2, 0.25) is 0 Å². The second-order valence-electron chi connectivity index (χ2n) is 8.24. The fraction of sp³-hybridized carbons (Fsp3) is 0.185. The third kappa shape index (κ3) is 4.52. The number of rotatable bonds is 6. The third-order valence-corrected chi connectivity index (χ3v) is 6.81. The predicted octanol–water partition coefficient (Wildman–Crippen LogP) is 5.04. The first-order valence-corrected chi connectivity index (χ1v) is 11.7. The van der Waals surface area contributed by atoms with Gasteiger partial charge in [0.1, 0.15) is 17.2 Å². The number of aliphatic hydroxyl groups excluding tert-OH is 1. The molecule has 3 aromatic rings. The number of aromatic nitrogens is 1. The second kappa shape index (κ2) is 9.68. The van der Waals surface area contributed by atoms with Crippen molar-refractivity contribution in [1.82, 2.24) is 4.98 Å². The molecule has 2 heterocycles. The number of nitrogens with zero attached hydrogens (tertiary/aromatic N) is 2. The van der Waals surface area contributed by atoms with E-state index in [1.165, 1.54) is 11.0 Å². The molecule has 1 unspecified atom stereocenters. The number of aryl methyl sites for hydroxylation is 3. The van der Waals surface area contributed by atoms with E-state index in [0.717, 1.165) is 22.5 Å². The van der Waals surface area contributed by atoms with Gasteiger partial charge in [-0.05, 0) is 26.3 Å². The first-order chi connectivity index (χ1) is 16.7. The van der Waals surface area contributed by atoms with Gasteiger partial charge in [0, 0.05) is 5.56 Å². The average Bonchev–Trinajstić information content (AvgIpc) is 3.35. The minimum Gasteiger partial charge on any atom is -0.507 e. The molecule has 2 aromatic carbocycles. The van der Waals surface area contributed by atoms with Gasteiger partial charge in [-0.25, -0.2) is 9.78 Å². The number of hydrogen-bond donors (Lipinski definition) is 1.